The molecule has 1 aromatic rings. The molecular weight excluding hydrogens is 274 g/mol. The van der Waals surface area contributed by atoms with Crippen LogP contribution in [0.25, 0.3) is 0 Å². The van der Waals surface area contributed by atoms with Crippen LogP contribution in [0.1, 0.15) is 18.7 Å². The first-order valence-corrected chi connectivity index (χ1v) is 7.34. The predicted molar refractivity (Wildman–Crippen MR) is 67.3 cm³/mol. The van der Waals surface area contributed by atoms with E-state index >= 15 is 0 Å². The van der Waals surface area contributed by atoms with Gasteiger partial charge in [0.1, 0.15) is 15.2 Å². The fraction of sp³-hybridized carbons (Fsp3) is 0.400. The number of sulfonamides is 1. The highest BCUT2D eigenvalue weighted by Crippen LogP contribution is 2.25. The van der Waals surface area contributed by atoms with Crippen LogP contribution in [0.5, 0.6) is 0 Å². The second-order valence-electron chi connectivity index (χ2n) is 3.84. The number of primary amides is 1. The smallest absolute Gasteiger partial charge is 0.253 e. The van der Waals surface area contributed by atoms with Crippen molar-refractivity contribution in [3.05, 3.63) is 17.0 Å². The molecule has 0 atom stereocenters. The van der Waals surface area contributed by atoms with Crippen molar-refractivity contribution in [3.8, 4) is 6.07 Å². The summed E-state index contributed by atoms with van der Waals surface area (Å²) in [6.07, 6.45) is 0. The number of nitrogens with two attached hydrogens (primary N) is 1. The summed E-state index contributed by atoms with van der Waals surface area (Å²) in [5.41, 5.74) is 5.04. The number of carbonyl (C=O) groups is 1. The Hall–Kier alpha value is -1.43. The molecule has 1 heterocycles. The van der Waals surface area contributed by atoms with Crippen molar-refractivity contribution in [2.24, 2.45) is 5.73 Å². The molecule has 2 N–H and O–H groups in total. The first kappa shape index (κ1) is 14.6. The first-order valence-electron chi connectivity index (χ1n) is 5.09. The van der Waals surface area contributed by atoms with Crippen molar-refractivity contribution in [2.45, 2.75) is 24.1 Å². The quantitative estimate of drug-likeness (QED) is 0.851. The van der Waals surface area contributed by atoms with E-state index in [9.17, 15) is 13.2 Å². The van der Waals surface area contributed by atoms with Gasteiger partial charge in [-0.05, 0) is 26.0 Å². The zero-order chi connectivity index (χ0) is 13.9. The summed E-state index contributed by atoms with van der Waals surface area (Å²) in [7, 11) is -3.78. The highest BCUT2D eigenvalue weighted by atomic mass is 32.2. The van der Waals surface area contributed by atoms with E-state index in [0.29, 0.717) is 4.88 Å². The van der Waals surface area contributed by atoms with Crippen molar-refractivity contribution >= 4 is 27.3 Å². The SMILES string of the molecule is CC(C)N(CC(N)=O)S(=O)(=O)c1ccc(C#N)s1. The lowest BCUT2D eigenvalue weighted by Crippen LogP contribution is -2.42. The number of amides is 1. The third-order valence-corrected chi connectivity index (χ3v) is 5.62. The molecule has 1 amide bonds. The molecule has 0 aliphatic heterocycles. The third-order valence-electron chi connectivity index (χ3n) is 2.14. The van der Waals surface area contributed by atoms with Crippen LogP contribution in [0, 0.1) is 11.3 Å². The van der Waals surface area contributed by atoms with Crippen LogP contribution in [0.3, 0.4) is 0 Å². The predicted octanol–water partition coefficient (Wildman–Crippen LogP) is 0.504. The van der Waals surface area contributed by atoms with Crippen LogP contribution in [0.2, 0.25) is 0 Å². The van der Waals surface area contributed by atoms with Crippen molar-refractivity contribution in [1.29, 1.82) is 5.26 Å². The summed E-state index contributed by atoms with van der Waals surface area (Å²) in [6.45, 7) is 2.93. The molecule has 0 saturated carbocycles. The van der Waals surface area contributed by atoms with Gasteiger partial charge < -0.3 is 5.73 Å². The monoisotopic (exact) mass is 287 g/mol. The number of thiophene rings is 1. The van der Waals surface area contributed by atoms with Crippen molar-refractivity contribution in [3.63, 3.8) is 0 Å². The largest absolute Gasteiger partial charge is 0.369 e. The van der Waals surface area contributed by atoms with E-state index in [0.717, 1.165) is 15.6 Å². The average Bonchev–Trinajstić information content (AvgIpc) is 2.74. The fourth-order valence-corrected chi connectivity index (χ4v) is 4.17. The van der Waals surface area contributed by atoms with Gasteiger partial charge in [0, 0.05) is 6.04 Å². The summed E-state index contributed by atoms with van der Waals surface area (Å²) in [4.78, 5) is 11.2. The fourth-order valence-electron chi connectivity index (χ4n) is 1.33. The minimum atomic E-state index is -3.78. The molecule has 8 heteroatoms. The van der Waals surface area contributed by atoms with E-state index in [-0.39, 0.29) is 10.8 Å². The van der Waals surface area contributed by atoms with Gasteiger partial charge in [-0.1, -0.05) is 0 Å². The van der Waals surface area contributed by atoms with Gasteiger partial charge in [0.2, 0.25) is 5.91 Å². The van der Waals surface area contributed by atoms with Gasteiger partial charge in [0.15, 0.2) is 0 Å². The molecule has 0 radical (unpaired) electrons. The first-order chi connectivity index (χ1) is 8.28. The van der Waals surface area contributed by atoms with Gasteiger partial charge in [-0.2, -0.15) is 9.57 Å². The van der Waals surface area contributed by atoms with Crippen LogP contribution < -0.4 is 5.73 Å². The molecule has 0 aliphatic rings. The highest BCUT2D eigenvalue weighted by Gasteiger charge is 2.29. The standard InChI is InChI=1S/C10H13N3O3S2/c1-7(2)13(6-9(12)14)18(15,16)10-4-3-8(5-11)17-10/h3-4,7H,6H2,1-2H3,(H2,12,14). The number of hydrogen-bond acceptors (Lipinski definition) is 5. The van der Waals surface area contributed by atoms with E-state index in [1.165, 1.54) is 12.1 Å². The summed E-state index contributed by atoms with van der Waals surface area (Å²) in [5, 5.41) is 8.69. The Morgan fingerprint density at radius 2 is 2.17 bits per heavy atom. The Morgan fingerprint density at radius 3 is 2.56 bits per heavy atom. The van der Waals surface area contributed by atoms with E-state index in [1.54, 1.807) is 13.8 Å². The zero-order valence-corrected chi connectivity index (χ0v) is 11.6. The topological polar surface area (TPSA) is 104 Å². The molecule has 0 aromatic carbocycles. The molecule has 0 unspecified atom stereocenters. The molecule has 1 aromatic heterocycles. The van der Waals surface area contributed by atoms with Crippen LogP contribution in [0.4, 0.5) is 0 Å². The molecule has 0 spiro atoms. The number of hydrogen-bond donors (Lipinski definition) is 1. The normalized spacial score (nSPS) is 11.7. The lowest BCUT2D eigenvalue weighted by Gasteiger charge is -2.23. The Balaban J connectivity index is 3.17. The average molecular weight is 287 g/mol. The molecule has 98 valence electrons. The van der Waals surface area contributed by atoms with Gasteiger partial charge >= 0.3 is 0 Å². The summed E-state index contributed by atoms with van der Waals surface area (Å²) in [6, 6.07) is 4.27. The van der Waals surface area contributed by atoms with Gasteiger partial charge in [-0.15, -0.1) is 11.3 Å². The van der Waals surface area contributed by atoms with Crippen molar-refractivity contribution in [2.75, 3.05) is 6.54 Å². The van der Waals surface area contributed by atoms with Gasteiger partial charge in [0.05, 0.1) is 6.54 Å². The van der Waals surface area contributed by atoms with E-state index < -0.39 is 22.0 Å². The maximum absolute atomic E-state index is 12.3. The summed E-state index contributed by atoms with van der Waals surface area (Å²) in [5.74, 6) is -0.718. The Labute approximate surface area is 110 Å². The molecule has 0 saturated heterocycles. The Kier molecular flexibility index (Phi) is 4.45. The van der Waals surface area contributed by atoms with Crippen LogP contribution in [0.15, 0.2) is 16.3 Å². The molecular formula is C10H13N3O3S2. The zero-order valence-electron chi connectivity index (χ0n) is 9.95. The van der Waals surface area contributed by atoms with Crippen LogP contribution >= 0.6 is 11.3 Å². The highest BCUT2D eigenvalue weighted by molar-refractivity contribution is 7.91. The van der Waals surface area contributed by atoms with Crippen LogP contribution in [-0.2, 0) is 14.8 Å². The Bertz CT molecular complexity index is 584. The maximum Gasteiger partial charge on any atom is 0.253 e. The third kappa shape index (κ3) is 3.07. The molecule has 6 nitrogen and oxygen atoms in total. The van der Waals surface area contributed by atoms with Gasteiger partial charge in [-0.25, -0.2) is 8.42 Å². The Morgan fingerprint density at radius 1 is 1.56 bits per heavy atom. The molecule has 0 bridgehead atoms. The second-order valence-corrected chi connectivity index (χ2v) is 7.04. The molecule has 0 aliphatic carbocycles. The van der Waals surface area contributed by atoms with Gasteiger partial charge in [0.25, 0.3) is 10.0 Å². The number of carbonyl (C=O) groups excluding carboxylic acids is 1. The number of nitriles is 1. The number of rotatable bonds is 5. The van der Waals surface area contributed by atoms with Gasteiger partial charge in [-0.3, -0.25) is 4.79 Å². The van der Waals surface area contributed by atoms with E-state index in [4.69, 9.17) is 11.0 Å². The lowest BCUT2D eigenvalue weighted by molar-refractivity contribution is -0.118. The minimum Gasteiger partial charge on any atom is -0.369 e. The van der Waals surface area contributed by atoms with Crippen molar-refractivity contribution in [1.82, 2.24) is 4.31 Å². The summed E-state index contributed by atoms with van der Waals surface area (Å²) >= 11 is 0.870. The molecule has 18 heavy (non-hydrogen) atoms. The summed E-state index contributed by atoms with van der Waals surface area (Å²) < 4.78 is 25.6. The van der Waals surface area contributed by atoms with E-state index in [1.807, 2.05) is 6.07 Å². The van der Waals surface area contributed by atoms with E-state index in [2.05, 4.69) is 0 Å². The maximum atomic E-state index is 12.3. The minimum absolute atomic E-state index is 0.0361. The molecule has 1 rings (SSSR count). The number of nitrogens with zero attached hydrogens (tertiary/aromatic N) is 2. The lowest BCUT2D eigenvalue weighted by atomic mass is 10.4. The second kappa shape index (κ2) is 5.48. The van der Waals surface area contributed by atoms with Crippen molar-refractivity contribution < 1.29 is 13.2 Å². The van der Waals surface area contributed by atoms with Crippen LogP contribution in [-0.4, -0.2) is 31.2 Å². The molecule has 0 fully saturated rings.